The maximum absolute atomic E-state index is 8.59. The summed E-state index contributed by atoms with van der Waals surface area (Å²) in [6.45, 7) is 2.51. The van der Waals surface area contributed by atoms with Crippen LogP contribution in [0.15, 0.2) is 6.07 Å². The maximum Gasteiger partial charge on any atom is 0.132 e. The first-order chi connectivity index (χ1) is 6.26. The van der Waals surface area contributed by atoms with Crippen molar-refractivity contribution < 1.29 is 5.11 Å². The molecule has 0 aromatic carbocycles. The molecule has 0 saturated heterocycles. The van der Waals surface area contributed by atoms with Gasteiger partial charge in [-0.3, -0.25) is 0 Å². The smallest absolute Gasteiger partial charge is 0.132 e. The molecule has 1 aromatic heterocycles. The number of nitrogens with two attached hydrogens (primary N) is 1. The van der Waals surface area contributed by atoms with E-state index in [0.29, 0.717) is 24.0 Å². The van der Waals surface area contributed by atoms with E-state index >= 15 is 0 Å². The number of hydrogen-bond donors (Lipinski definition) is 3. The average molecular weight is 182 g/mol. The Balaban J connectivity index is 2.76. The van der Waals surface area contributed by atoms with Gasteiger partial charge in [0, 0.05) is 19.0 Å². The van der Waals surface area contributed by atoms with Crippen LogP contribution in [0.4, 0.5) is 11.6 Å². The number of nitrogens with zero attached hydrogens (tertiary/aromatic N) is 2. The van der Waals surface area contributed by atoms with E-state index in [1.54, 1.807) is 6.07 Å². The van der Waals surface area contributed by atoms with Crippen molar-refractivity contribution >= 4 is 11.6 Å². The molecule has 72 valence electrons. The van der Waals surface area contributed by atoms with Crippen LogP contribution in [-0.4, -0.2) is 28.2 Å². The van der Waals surface area contributed by atoms with Crippen LogP contribution in [0.2, 0.25) is 0 Å². The van der Waals surface area contributed by atoms with Gasteiger partial charge in [0.2, 0.25) is 0 Å². The first-order valence-corrected chi connectivity index (χ1v) is 4.24. The van der Waals surface area contributed by atoms with Gasteiger partial charge in [0.05, 0.1) is 6.61 Å². The molecule has 0 radical (unpaired) electrons. The van der Waals surface area contributed by atoms with Gasteiger partial charge in [0.25, 0.3) is 0 Å². The van der Waals surface area contributed by atoms with Crippen molar-refractivity contribution in [2.24, 2.45) is 0 Å². The van der Waals surface area contributed by atoms with Gasteiger partial charge in [-0.1, -0.05) is 6.92 Å². The summed E-state index contributed by atoms with van der Waals surface area (Å²) in [5.74, 6) is 1.83. The van der Waals surface area contributed by atoms with Gasteiger partial charge >= 0.3 is 0 Å². The third kappa shape index (κ3) is 2.87. The minimum absolute atomic E-state index is 0.0748. The van der Waals surface area contributed by atoms with E-state index in [1.165, 1.54) is 0 Å². The summed E-state index contributed by atoms with van der Waals surface area (Å²) >= 11 is 0. The number of hydrogen-bond acceptors (Lipinski definition) is 5. The molecule has 0 aliphatic heterocycles. The summed E-state index contributed by atoms with van der Waals surface area (Å²) in [7, 11) is 0. The standard InChI is InChI=1S/C8H14N4O/c1-2-7-11-6(9)5-8(12-7)10-3-4-13/h5,13H,2-4H2,1H3,(H3,9,10,11,12). The van der Waals surface area contributed by atoms with Crippen LogP contribution < -0.4 is 11.1 Å². The molecule has 0 aliphatic rings. The Kier molecular flexibility index (Phi) is 3.45. The Morgan fingerprint density at radius 3 is 2.92 bits per heavy atom. The Labute approximate surface area is 77.0 Å². The van der Waals surface area contributed by atoms with E-state index in [-0.39, 0.29) is 6.61 Å². The van der Waals surface area contributed by atoms with Crippen molar-refractivity contribution in [3.63, 3.8) is 0 Å². The first-order valence-electron chi connectivity index (χ1n) is 4.24. The zero-order chi connectivity index (χ0) is 9.68. The molecule has 1 heterocycles. The van der Waals surface area contributed by atoms with Crippen LogP contribution in [0.3, 0.4) is 0 Å². The van der Waals surface area contributed by atoms with Crippen molar-refractivity contribution in [3.05, 3.63) is 11.9 Å². The molecule has 0 unspecified atom stereocenters. The summed E-state index contributed by atoms with van der Waals surface area (Å²) in [5, 5.41) is 11.5. The highest BCUT2D eigenvalue weighted by atomic mass is 16.3. The molecule has 0 amide bonds. The highest BCUT2D eigenvalue weighted by Gasteiger charge is 1.99. The zero-order valence-corrected chi connectivity index (χ0v) is 7.62. The summed E-state index contributed by atoms with van der Waals surface area (Å²) < 4.78 is 0. The van der Waals surface area contributed by atoms with Crippen LogP contribution in [0.1, 0.15) is 12.7 Å². The summed E-state index contributed by atoms with van der Waals surface area (Å²) in [6, 6.07) is 1.65. The van der Waals surface area contributed by atoms with Gasteiger partial charge < -0.3 is 16.2 Å². The van der Waals surface area contributed by atoms with Gasteiger partial charge in [-0.05, 0) is 0 Å². The number of aryl methyl sites for hydroxylation is 1. The molecule has 0 fully saturated rings. The fourth-order valence-corrected chi connectivity index (χ4v) is 0.950. The molecule has 1 aromatic rings. The number of rotatable bonds is 4. The lowest BCUT2D eigenvalue weighted by Crippen LogP contribution is -2.09. The van der Waals surface area contributed by atoms with Gasteiger partial charge in [-0.2, -0.15) is 0 Å². The molecule has 0 atom stereocenters. The van der Waals surface area contributed by atoms with E-state index in [0.717, 1.165) is 6.42 Å². The van der Waals surface area contributed by atoms with Gasteiger partial charge in [0.1, 0.15) is 17.5 Å². The molecule has 0 spiro atoms. The molecule has 0 saturated carbocycles. The third-order valence-electron chi connectivity index (χ3n) is 1.53. The predicted molar refractivity (Wildman–Crippen MR) is 51.4 cm³/mol. The van der Waals surface area contributed by atoms with Crippen LogP contribution in [0.25, 0.3) is 0 Å². The van der Waals surface area contributed by atoms with Crippen LogP contribution in [-0.2, 0) is 6.42 Å². The Bertz CT molecular complexity index is 277. The fraction of sp³-hybridized carbons (Fsp3) is 0.500. The SMILES string of the molecule is CCc1nc(N)cc(NCCO)n1. The van der Waals surface area contributed by atoms with E-state index in [4.69, 9.17) is 10.8 Å². The molecular weight excluding hydrogens is 168 g/mol. The minimum atomic E-state index is 0.0748. The molecule has 1 rings (SSSR count). The quantitative estimate of drug-likeness (QED) is 0.611. The van der Waals surface area contributed by atoms with Crippen molar-refractivity contribution in [2.75, 3.05) is 24.2 Å². The Morgan fingerprint density at radius 1 is 1.54 bits per heavy atom. The van der Waals surface area contributed by atoms with Gasteiger partial charge in [-0.15, -0.1) is 0 Å². The molecule has 4 N–H and O–H groups in total. The molecule has 0 aliphatic carbocycles. The normalized spacial score (nSPS) is 10.0. The second-order valence-corrected chi connectivity index (χ2v) is 2.60. The minimum Gasteiger partial charge on any atom is -0.395 e. The number of anilines is 2. The molecule has 5 nitrogen and oxygen atoms in total. The topological polar surface area (TPSA) is 84.1 Å². The number of aliphatic hydroxyl groups excluding tert-OH is 1. The number of aromatic nitrogens is 2. The van der Waals surface area contributed by atoms with E-state index in [2.05, 4.69) is 15.3 Å². The molecule has 0 bridgehead atoms. The Morgan fingerprint density at radius 2 is 2.31 bits per heavy atom. The first kappa shape index (κ1) is 9.73. The van der Waals surface area contributed by atoms with Gasteiger partial charge in [-0.25, -0.2) is 9.97 Å². The highest BCUT2D eigenvalue weighted by Crippen LogP contribution is 2.07. The second kappa shape index (κ2) is 4.61. The lowest BCUT2D eigenvalue weighted by molar-refractivity contribution is 0.311. The fourth-order valence-electron chi connectivity index (χ4n) is 0.950. The highest BCUT2D eigenvalue weighted by molar-refractivity contribution is 5.44. The monoisotopic (exact) mass is 182 g/mol. The predicted octanol–water partition coefficient (Wildman–Crippen LogP) is 0.0254. The maximum atomic E-state index is 8.59. The number of nitrogens with one attached hydrogen (secondary N) is 1. The Hall–Kier alpha value is -1.36. The summed E-state index contributed by atoms with van der Waals surface area (Å²) in [6.07, 6.45) is 0.749. The lowest BCUT2D eigenvalue weighted by atomic mass is 10.4. The molecule has 13 heavy (non-hydrogen) atoms. The van der Waals surface area contributed by atoms with E-state index < -0.39 is 0 Å². The van der Waals surface area contributed by atoms with E-state index in [9.17, 15) is 0 Å². The van der Waals surface area contributed by atoms with Crippen molar-refractivity contribution in [3.8, 4) is 0 Å². The van der Waals surface area contributed by atoms with Crippen molar-refractivity contribution in [1.82, 2.24) is 9.97 Å². The largest absolute Gasteiger partial charge is 0.395 e. The third-order valence-corrected chi connectivity index (χ3v) is 1.53. The number of aliphatic hydroxyl groups is 1. The second-order valence-electron chi connectivity index (χ2n) is 2.60. The van der Waals surface area contributed by atoms with E-state index in [1.807, 2.05) is 6.92 Å². The zero-order valence-electron chi connectivity index (χ0n) is 7.62. The van der Waals surface area contributed by atoms with Crippen molar-refractivity contribution in [2.45, 2.75) is 13.3 Å². The summed E-state index contributed by atoms with van der Waals surface area (Å²) in [4.78, 5) is 8.20. The van der Waals surface area contributed by atoms with Crippen molar-refractivity contribution in [1.29, 1.82) is 0 Å². The van der Waals surface area contributed by atoms with Gasteiger partial charge in [0.15, 0.2) is 0 Å². The lowest BCUT2D eigenvalue weighted by Gasteiger charge is -2.05. The summed E-state index contributed by atoms with van der Waals surface area (Å²) in [5.41, 5.74) is 5.55. The average Bonchev–Trinajstić information content (AvgIpc) is 2.14. The molecular formula is C8H14N4O. The number of nitrogen functional groups attached to an aromatic ring is 1. The van der Waals surface area contributed by atoms with Crippen LogP contribution in [0, 0.1) is 0 Å². The molecule has 5 heteroatoms. The van der Waals surface area contributed by atoms with Crippen LogP contribution in [0.5, 0.6) is 0 Å². The van der Waals surface area contributed by atoms with Crippen LogP contribution >= 0.6 is 0 Å².